The zero-order valence-corrected chi connectivity index (χ0v) is 17.6. The summed E-state index contributed by atoms with van der Waals surface area (Å²) in [7, 11) is 1.89. The second-order valence-corrected chi connectivity index (χ2v) is 7.91. The van der Waals surface area contributed by atoms with Gasteiger partial charge in [-0.3, -0.25) is 9.48 Å². The van der Waals surface area contributed by atoms with Crippen molar-refractivity contribution in [1.29, 1.82) is 0 Å². The maximum atomic E-state index is 13.5. The Kier molecular flexibility index (Phi) is 5.95. The van der Waals surface area contributed by atoms with Crippen molar-refractivity contribution in [1.82, 2.24) is 19.7 Å². The highest BCUT2D eigenvalue weighted by Gasteiger charge is 2.24. The maximum absolute atomic E-state index is 13.5. The topological polar surface area (TPSA) is 51.0 Å². The van der Waals surface area contributed by atoms with Crippen LogP contribution in [0.15, 0.2) is 23.6 Å². The zero-order valence-electron chi connectivity index (χ0n) is 16.8. The van der Waals surface area contributed by atoms with Gasteiger partial charge in [0.25, 0.3) is 5.91 Å². The van der Waals surface area contributed by atoms with Crippen LogP contribution in [0.1, 0.15) is 49.7 Å². The first-order chi connectivity index (χ1) is 13.0. The van der Waals surface area contributed by atoms with Gasteiger partial charge in [0.05, 0.1) is 27.2 Å². The first-order valence-electron chi connectivity index (χ1n) is 9.67. The number of hydrogen-bond donors (Lipinski definition) is 0. The highest BCUT2D eigenvalue weighted by atomic mass is 32.1. The van der Waals surface area contributed by atoms with Gasteiger partial charge in [-0.1, -0.05) is 32.8 Å². The van der Waals surface area contributed by atoms with Crippen LogP contribution in [0.3, 0.4) is 0 Å². The lowest BCUT2D eigenvalue weighted by atomic mass is 10.0. The first kappa shape index (κ1) is 19.5. The summed E-state index contributed by atoms with van der Waals surface area (Å²) < 4.78 is 1.77. The Morgan fingerprint density at radius 1 is 1.30 bits per heavy atom. The number of thiophene rings is 1. The van der Waals surface area contributed by atoms with Crippen molar-refractivity contribution in [2.75, 3.05) is 13.1 Å². The van der Waals surface area contributed by atoms with E-state index in [4.69, 9.17) is 4.98 Å². The quantitative estimate of drug-likeness (QED) is 0.582. The average Bonchev–Trinajstić information content (AvgIpc) is 3.30. The second-order valence-electron chi connectivity index (χ2n) is 6.97. The van der Waals surface area contributed by atoms with Gasteiger partial charge in [-0.25, -0.2) is 4.98 Å². The highest BCUT2D eigenvalue weighted by molar-refractivity contribution is 7.13. The lowest BCUT2D eigenvalue weighted by molar-refractivity contribution is 0.0737. The molecule has 1 amide bonds. The summed E-state index contributed by atoms with van der Waals surface area (Å²) >= 11 is 1.63. The van der Waals surface area contributed by atoms with E-state index in [1.165, 1.54) is 0 Å². The number of carbonyl (C=O) groups excluding carboxylic acids is 1. The molecule has 0 saturated carbocycles. The fourth-order valence-corrected chi connectivity index (χ4v) is 4.23. The van der Waals surface area contributed by atoms with E-state index in [2.05, 4.69) is 25.9 Å². The van der Waals surface area contributed by atoms with Crippen molar-refractivity contribution >= 4 is 28.3 Å². The number of hydrogen-bond acceptors (Lipinski definition) is 4. The summed E-state index contributed by atoms with van der Waals surface area (Å²) in [6, 6.07) is 5.99. The fraction of sp³-hybridized carbons (Fsp3) is 0.476. The van der Waals surface area contributed by atoms with Crippen LogP contribution in [-0.2, 0) is 7.05 Å². The molecule has 5 nitrogen and oxygen atoms in total. The molecule has 0 radical (unpaired) electrons. The van der Waals surface area contributed by atoms with Gasteiger partial charge in [0.15, 0.2) is 5.65 Å². The third kappa shape index (κ3) is 3.76. The van der Waals surface area contributed by atoms with Crippen molar-refractivity contribution in [3.63, 3.8) is 0 Å². The van der Waals surface area contributed by atoms with E-state index < -0.39 is 0 Å². The smallest absolute Gasteiger partial charge is 0.254 e. The average molecular weight is 385 g/mol. The molecule has 0 aromatic carbocycles. The molecule has 3 aromatic rings. The summed E-state index contributed by atoms with van der Waals surface area (Å²) in [5, 5.41) is 7.42. The van der Waals surface area contributed by atoms with E-state index in [-0.39, 0.29) is 5.91 Å². The molecular formula is C21H28N4OS. The summed E-state index contributed by atoms with van der Waals surface area (Å²) in [6.45, 7) is 9.87. The number of aryl methyl sites for hydroxylation is 2. The fourth-order valence-electron chi connectivity index (χ4n) is 3.55. The predicted octanol–water partition coefficient (Wildman–Crippen LogP) is 4.90. The Bertz CT molecular complexity index is 925. The van der Waals surface area contributed by atoms with E-state index >= 15 is 0 Å². The highest BCUT2D eigenvalue weighted by Crippen LogP contribution is 2.30. The van der Waals surface area contributed by atoms with Gasteiger partial charge in [-0.2, -0.15) is 5.10 Å². The lowest BCUT2D eigenvalue weighted by Gasteiger charge is -2.26. The second kappa shape index (κ2) is 8.21. The van der Waals surface area contributed by atoms with Crippen LogP contribution >= 0.6 is 11.3 Å². The number of amides is 1. The molecule has 144 valence electrons. The Morgan fingerprint density at radius 3 is 2.63 bits per heavy atom. The molecule has 0 N–H and O–H groups in total. The predicted molar refractivity (Wildman–Crippen MR) is 112 cm³/mol. The molecule has 0 spiro atoms. The van der Waals surface area contributed by atoms with Crippen LogP contribution in [-0.4, -0.2) is 38.7 Å². The largest absolute Gasteiger partial charge is 0.339 e. The van der Waals surface area contributed by atoms with Crippen LogP contribution in [0.25, 0.3) is 21.6 Å². The summed E-state index contributed by atoms with van der Waals surface area (Å²) in [4.78, 5) is 21.3. The number of aromatic nitrogens is 3. The number of nitrogens with zero attached hydrogens (tertiary/aromatic N) is 4. The Morgan fingerprint density at radius 2 is 2.04 bits per heavy atom. The molecule has 3 aromatic heterocycles. The van der Waals surface area contributed by atoms with Crippen LogP contribution in [0, 0.1) is 12.8 Å². The molecule has 0 aliphatic carbocycles. The molecule has 0 unspecified atom stereocenters. The molecule has 3 heterocycles. The molecule has 0 aliphatic heterocycles. The molecule has 27 heavy (non-hydrogen) atoms. The number of carbonyl (C=O) groups is 1. The standard InChI is InChI=1S/C21H28N4OS/c1-6-15(7-2)13-25(8-3)21(26)16-12-17(18-10-9-11-27-18)22-20-19(16)14(4)23-24(20)5/h9-12,15H,6-8,13H2,1-5H3. The van der Waals surface area contributed by atoms with Crippen LogP contribution in [0.4, 0.5) is 0 Å². The van der Waals surface area contributed by atoms with E-state index in [1.54, 1.807) is 16.0 Å². The van der Waals surface area contributed by atoms with Crippen molar-refractivity contribution < 1.29 is 4.79 Å². The SMILES string of the molecule is CCC(CC)CN(CC)C(=O)c1cc(-c2cccs2)nc2c1c(C)nn2C. The van der Waals surface area contributed by atoms with Gasteiger partial charge in [0.2, 0.25) is 0 Å². The molecule has 6 heteroatoms. The third-order valence-corrected chi connectivity index (χ3v) is 6.17. The van der Waals surface area contributed by atoms with E-state index in [0.717, 1.165) is 46.7 Å². The number of rotatable bonds is 7. The molecule has 0 fully saturated rings. The first-order valence-corrected chi connectivity index (χ1v) is 10.6. The van der Waals surface area contributed by atoms with Crippen LogP contribution in [0.5, 0.6) is 0 Å². The summed E-state index contributed by atoms with van der Waals surface area (Å²) in [6.07, 6.45) is 2.16. The molecule has 0 atom stereocenters. The Balaban J connectivity index is 2.12. The van der Waals surface area contributed by atoms with Crippen LogP contribution < -0.4 is 0 Å². The summed E-state index contributed by atoms with van der Waals surface area (Å²) in [5.41, 5.74) is 3.16. The molecular weight excluding hydrogens is 356 g/mol. The van der Waals surface area contributed by atoms with Gasteiger partial charge < -0.3 is 4.90 Å². The number of fused-ring (bicyclic) bond motifs is 1. The normalized spacial score (nSPS) is 11.5. The molecule has 0 saturated heterocycles. The van der Waals surface area contributed by atoms with Crippen molar-refractivity contribution in [2.45, 2.75) is 40.5 Å². The van der Waals surface area contributed by atoms with Crippen molar-refractivity contribution in [3.05, 3.63) is 34.8 Å². The lowest BCUT2D eigenvalue weighted by Crippen LogP contribution is -2.35. The van der Waals surface area contributed by atoms with Crippen LogP contribution in [0.2, 0.25) is 0 Å². The van der Waals surface area contributed by atoms with Gasteiger partial charge in [-0.05, 0) is 37.3 Å². The maximum Gasteiger partial charge on any atom is 0.254 e. The van der Waals surface area contributed by atoms with Gasteiger partial charge in [0.1, 0.15) is 0 Å². The molecule has 3 rings (SSSR count). The Hall–Kier alpha value is -2.21. The third-order valence-electron chi connectivity index (χ3n) is 5.27. The van der Waals surface area contributed by atoms with Gasteiger partial charge in [0, 0.05) is 20.1 Å². The van der Waals surface area contributed by atoms with Gasteiger partial charge >= 0.3 is 0 Å². The van der Waals surface area contributed by atoms with Gasteiger partial charge in [-0.15, -0.1) is 11.3 Å². The molecule has 0 aliphatic rings. The summed E-state index contributed by atoms with van der Waals surface area (Å²) in [5.74, 6) is 0.601. The zero-order chi connectivity index (χ0) is 19.6. The Labute approximate surface area is 165 Å². The van der Waals surface area contributed by atoms with Crippen molar-refractivity contribution in [3.8, 4) is 10.6 Å². The minimum atomic E-state index is 0.0747. The molecule has 0 bridgehead atoms. The van der Waals surface area contributed by atoms with E-state index in [9.17, 15) is 4.79 Å². The van der Waals surface area contributed by atoms with E-state index in [0.29, 0.717) is 18.0 Å². The van der Waals surface area contributed by atoms with Crippen molar-refractivity contribution in [2.24, 2.45) is 13.0 Å². The minimum Gasteiger partial charge on any atom is -0.339 e. The monoisotopic (exact) mass is 384 g/mol. The number of pyridine rings is 1. The minimum absolute atomic E-state index is 0.0747. The van der Waals surface area contributed by atoms with E-state index in [1.807, 2.05) is 42.5 Å².